The number of anilines is 1. The van der Waals surface area contributed by atoms with Gasteiger partial charge >= 0.3 is 0 Å². The Hall–Kier alpha value is -3.07. The van der Waals surface area contributed by atoms with Crippen molar-refractivity contribution >= 4 is 11.7 Å². The van der Waals surface area contributed by atoms with Crippen molar-refractivity contribution in [2.24, 2.45) is 7.05 Å². The smallest absolute Gasteiger partial charge is 0.279 e. The molecule has 0 spiro atoms. The number of carbonyl (C=O) groups is 1. The van der Waals surface area contributed by atoms with Crippen molar-refractivity contribution in [2.45, 2.75) is 12.5 Å². The summed E-state index contributed by atoms with van der Waals surface area (Å²) in [5, 5.41) is 18.3. The molecule has 0 aliphatic carbocycles. The average Bonchev–Trinajstić information content (AvgIpc) is 3.35. The van der Waals surface area contributed by atoms with Crippen LogP contribution in [-0.2, 0) is 7.05 Å². The van der Waals surface area contributed by atoms with Gasteiger partial charge in [-0.2, -0.15) is 5.10 Å². The minimum atomic E-state index is -0.369. The summed E-state index contributed by atoms with van der Waals surface area (Å²) >= 11 is 0. The third-order valence-electron chi connectivity index (χ3n) is 4.41. The largest absolute Gasteiger partial charge is 0.315 e. The fourth-order valence-electron chi connectivity index (χ4n) is 3.02. The first-order chi connectivity index (χ1) is 12.6. The lowest BCUT2D eigenvalue weighted by molar-refractivity contribution is 0.102. The maximum absolute atomic E-state index is 13.1. The molecule has 0 saturated carbocycles. The van der Waals surface area contributed by atoms with Gasteiger partial charge in [0.05, 0.1) is 17.9 Å². The van der Waals surface area contributed by atoms with Crippen LogP contribution in [0.3, 0.4) is 0 Å². The highest BCUT2D eigenvalue weighted by molar-refractivity contribution is 6.02. The Balaban J connectivity index is 1.49. The molecular weight excluding hydrogens is 337 g/mol. The van der Waals surface area contributed by atoms with E-state index >= 15 is 0 Å². The standard InChI is InChI=1S/C17H18FN7O/c1-24-15(11-2-4-12(18)5-3-11)8-16(22-24)20-17(26)14-10-25(23-21-14)13-6-7-19-9-13/h2-5,8,10,13,19H,6-7,9H2,1H3,(H,20,22,26). The van der Waals surface area contributed by atoms with Crippen molar-refractivity contribution in [1.29, 1.82) is 0 Å². The van der Waals surface area contributed by atoms with Gasteiger partial charge in [0.15, 0.2) is 11.5 Å². The van der Waals surface area contributed by atoms with E-state index in [0.29, 0.717) is 5.82 Å². The molecule has 9 heteroatoms. The van der Waals surface area contributed by atoms with E-state index in [1.165, 1.54) is 12.1 Å². The predicted octanol–water partition coefficient (Wildman–Crippen LogP) is 1.60. The number of amides is 1. The van der Waals surface area contributed by atoms with Crippen LogP contribution in [0.25, 0.3) is 11.3 Å². The van der Waals surface area contributed by atoms with E-state index < -0.39 is 0 Å². The van der Waals surface area contributed by atoms with E-state index in [9.17, 15) is 9.18 Å². The number of aryl methyl sites for hydroxylation is 1. The Labute approximate surface area is 149 Å². The van der Waals surface area contributed by atoms with Crippen molar-refractivity contribution in [3.63, 3.8) is 0 Å². The van der Waals surface area contributed by atoms with Crippen LogP contribution in [0.15, 0.2) is 36.5 Å². The molecule has 2 N–H and O–H groups in total. The predicted molar refractivity (Wildman–Crippen MR) is 93.1 cm³/mol. The zero-order chi connectivity index (χ0) is 18.1. The molecule has 1 unspecified atom stereocenters. The van der Waals surface area contributed by atoms with Gasteiger partial charge in [-0.1, -0.05) is 5.21 Å². The van der Waals surface area contributed by atoms with Crippen molar-refractivity contribution in [3.05, 3.63) is 48.0 Å². The van der Waals surface area contributed by atoms with Crippen LogP contribution in [0.1, 0.15) is 23.0 Å². The van der Waals surface area contributed by atoms with Crippen LogP contribution in [0, 0.1) is 5.82 Å². The van der Waals surface area contributed by atoms with E-state index in [1.807, 2.05) is 0 Å². The van der Waals surface area contributed by atoms with Crippen molar-refractivity contribution < 1.29 is 9.18 Å². The first kappa shape index (κ1) is 16.4. The first-order valence-electron chi connectivity index (χ1n) is 8.34. The Morgan fingerprint density at radius 2 is 2.15 bits per heavy atom. The summed E-state index contributed by atoms with van der Waals surface area (Å²) in [6.45, 7) is 1.76. The Bertz CT molecular complexity index is 925. The van der Waals surface area contributed by atoms with E-state index in [-0.39, 0.29) is 23.5 Å². The number of hydrogen-bond acceptors (Lipinski definition) is 5. The van der Waals surface area contributed by atoms with E-state index in [1.54, 1.807) is 40.8 Å². The molecular formula is C17H18FN7O. The lowest BCUT2D eigenvalue weighted by atomic mass is 10.1. The minimum Gasteiger partial charge on any atom is -0.315 e. The van der Waals surface area contributed by atoms with Crippen molar-refractivity contribution in [1.82, 2.24) is 30.1 Å². The lowest BCUT2D eigenvalue weighted by Gasteiger charge is -2.05. The first-order valence-corrected chi connectivity index (χ1v) is 8.34. The molecule has 1 saturated heterocycles. The molecule has 1 fully saturated rings. The topological polar surface area (TPSA) is 89.7 Å². The SMILES string of the molecule is Cn1nc(NC(=O)c2cn(C3CCNC3)nn2)cc1-c1ccc(F)cc1. The molecule has 1 aliphatic heterocycles. The molecule has 1 atom stereocenters. The van der Waals surface area contributed by atoms with Crippen LogP contribution in [0.5, 0.6) is 0 Å². The summed E-state index contributed by atoms with van der Waals surface area (Å²) in [7, 11) is 1.76. The maximum atomic E-state index is 13.1. The van der Waals surface area contributed by atoms with E-state index in [4.69, 9.17) is 0 Å². The van der Waals surface area contributed by atoms with Gasteiger partial charge in [0.2, 0.25) is 0 Å². The zero-order valence-electron chi connectivity index (χ0n) is 14.2. The van der Waals surface area contributed by atoms with Gasteiger partial charge in [-0.05, 0) is 37.2 Å². The summed E-state index contributed by atoms with van der Waals surface area (Å²) in [5.74, 6) is -0.273. The second kappa shape index (κ2) is 6.68. The number of rotatable bonds is 4. The molecule has 3 heterocycles. The molecule has 0 bridgehead atoms. The number of aromatic nitrogens is 5. The number of nitrogens with zero attached hydrogens (tertiary/aromatic N) is 5. The average molecular weight is 355 g/mol. The Kier molecular flexibility index (Phi) is 4.21. The number of hydrogen-bond donors (Lipinski definition) is 2. The maximum Gasteiger partial charge on any atom is 0.279 e. The third kappa shape index (κ3) is 3.21. The molecule has 1 amide bonds. The number of nitrogens with one attached hydrogen (secondary N) is 2. The molecule has 26 heavy (non-hydrogen) atoms. The fraction of sp³-hybridized carbons (Fsp3) is 0.294. The summed E-state index contributed by atoms with van der Waals surface area (Å²) in [6, 6.07) is 8.06. The van der Waals surface area contributed by atoms with Gasteiger partial charge in [0, 0.05) is 25.2 Å². The zero-order valence-corrected chi connectivity index (χ0v) is 14.2. The second-order valence-corrected chi connectivity index (χ2v) is 6.23. The Morgan fingerprint density at radius 1 is 1.35 bits per heavy atom. The van der Waals surface area contributed by atoms with Crippen LogP contribution in [-0.4, -0.2) is 43.8 Å². The molecule has 134 valence electrons. The van der Waals surface area contributed by atoms with Crippen LogP contribution < -0.4 is 10.6 Å². The van der Waals surface area contributed by atoms with Gasteiger partial charge in [-0.25, -0.2) is 9.07 Å². The van der Waals surface area contributed by atoms with Gasteiger partial charge in [-0.15, -0.1) is 5.10 Å². The summed E-state index contributed by atoms with van der Waals surface area (Å²) in [4.78, 5) is 12.4. The highest BCUT2D eigenvalue weighted by Crippen LogP contribution is 2.22. The second-order valence-electron chi connectivity index (χ2n) is 6.23. The molecule has 4 rings (SSSR count). The third-order valence-corrected chi connectivity index (χ3v) is 4.41. The highest BCUT2D eigenvalue weighted by atomic mass is 19.1. The Morgan fingerprint density at radius 3 is 2.88 bits per heavy atom. The van der Waals surface area contributed by atoms with Crippen LogP contribution >= 0.6 is 0 Å². The van der Waals surface area contributed by atoms with Crippen LogP contribution in [0.4, 0.5) is 10.2 Å². The summed E-state index contributed by atoms with van der Waals surface area (Å²) in [6.07, 6.45) is 2.61. The molecule has 1 aliphatic rings. The number of halogens is 1. The molecule has 2 aromatic heterocycles. The quantitative estimate of drug-likeness (QED) is 0.742. The number of carbonyl (C=O) groups excluding carboxylic acids is 1. The number of benzene rings is 1. The van der Waals surface area contributed by atoms with Gasteiger partial charge in [0.1, 0.15) is 5.82 Å². The van der Waals surface area contributed by atoms with Crippen molar-refractivity contribution in [3.8, 4) is 11.3 Å². The molecule has 1 aromatic carbocycles. The van der Waals surface area contributed by atoms with Crippen molar-refractivity contribution in [2.75, 3.05) is 18.4 Å². The highest BCUT2D eigenvalue weighted by Gasteiger charge is 2.20. The molecule has 3 aromatic rings. The van der Waals surface area contributed by atoms with Crippen LogP contribution in [0.2, 0.25) is 0 Å². The summed E-state index contributed by atoms with van der Waals surface area (Å²) in [5.41, 5.74) is 1.81. The van der Waals surface area contributed by atoms with Gasteiger partial charge < -0.3 is 10.6 Å². The lowest BCUT2D eigenvalue weighted by Crippen LogP contribution is -2.14. The summed E-state index contributed by atoms with van der Waals surface area (Å²) < 4.78 is 16.4. The monoisotopic (exact) mass is 355 g/mol. The fourth-order valence-corrected chi connectivity index (χ4v) is 3.02. The van der Waals surface area contributed by atoms with Gasteiger partial charge in [-0.3, -0.25) is 9.48 Å². The molecule has 0 radical (unpaired) electrons. The van der Waals surface area contributed by atoms with E-state index in [0.717, 1.165) is 30.8 Å². The van der Waals surface area contributed by atoms with Gasteiger partial charge in [0.25, 0.3) is 5.91 Å². The minimum absolute atomic E-state index is 0.226. The normalized spacial score (nSPS) is 16.8. The van der Waals surface area contributed by atoms with E-state index in [2.05, 4.69) is 26.0 Å². The molecule has 8 nitrogen and oxygen atoms in total.